The first-order valence-corrected chi connectivity index (χ1v) is 21.6. The molecule has 0 fully saturated rings. The van der Waals surface area contributed by atoms with Crippen LogP contribution in [-0.4, -0.2) is 0 Å². The Bertz CT molecular complexity index is 2860. The first kappa shape index (κ1) is 37.7. The van der Waals surface area contributed by atoms with Crippen LogP contribution in [0.25, 0.3) is 54.3 Å². The van der Waals surface area contributed by atoms with Crippen LogP contribution in [0.1, 0.15) is 17.2 Å². The van der Waals surface area contributed by atoms with Crippen LogP contribution >= 0.6 is 11.3 Å². The summed E-state index contributed by atoms with van der Waals surface area (Å²) in [6, 6.07) is 87.4. The first-order valence-electron chi connectivity index (χ1n) is 20.8. The van der Waals surface area contributed by atoms with Crippen molar-refractivity contribution in [2.45, 2.75) is 6.04 Å². The average molecular weight is 800 g/mol. The largest absolute Gasteiger partial charge is 0.311 e. The molecule has 8 aromatic carbocycles. The average Bonchev–Trinajstić information content (AvgIpc) is 3.85. The monoisotopic (exact) mass is 799 g/mol. The van der Waals surface area contributed by atoms with Crippen molar-refractivity contribution in [2.24, 2.45) is 0 Å². The molecule has 0 saturated heterocycles. The lowest BCUT2D eigenvalue weighted by Crippen LogP contribution is -2.39. The van der Waals surface area contributed by atoms with Crippen molar-refractivity contribution < 1.29 is 4.57 Å². The third-order valence-corrected chi connectivity index (χ3v) is 12.5. The van der Waals surface area contributed by atoms with Gasteiger partial charge in [0.25, 0.3) is 0 Å². The summed E-state index contributed by atoms with van der Waals surface area (Å²) in [5.41, 5.74) is 15.4. The van der Waals surface area contributed by atoms with Crippen molar-refractivity contribution in [3.05, 3.63) is 266 Å². The number of pyridine rings is 1. The molecule has 0 N–H and O–H groups in total. The van der Waals surface area contributed by atoms with Gasteiger partial charge in [-0.3, -0.25) is 0 Å². The van der Waals surface area contributed by atoms with Gasteiger partial charge in [-0.25, -0.2) is 0 Å². The molecule has 2 nitrogen and oxygen atoms in total. The van der Waals surface area contributed by atoms with Gasteiger partial charge < -0.3 is 4.90 Å². The van der Waals surface area contributed by atoms with Crippen molar-refractivity contribution in [2.75, 3.05) is 4.90 Å². The van der Waals surface area contributed by atoms with E-state index in [1.54, 1.807) is 0 Å². The molecule has 3 heteroatoms. The van der Waals surface area contributed by atoms with Crippen LogP contribution in [0.15, 0.2) is 255 Å². The molecule has 0 bridgehead atoms. The zero-order valence-corrected chi connectivity index (χ0v) is 34.4. The SMILES string of the molecule is c1ccc(-c2ccc(N(c3ccc(-c4ccccc4)cc3)c3ccc(-c4ccc(C(c5ccc(-c6ccc(-c7ccccc7)s6)cc5)[n+]5ccccc5)cc4)cc3)cc2)cc1. The number of anilines is 3. The van der Waals surface area contributed by atoms with Crippen molar-refractivity contribution in [1.82, 2.24) is 0 Å². The Morgan fingerprint density at radius 3 is 0.967 bits per heavy atom. The second kappa shape index (κ2) is 17.3. The van der Waals surface area contributed by atoms with Gasteiger partial charge in [-0.1, -0.05) is 182 Å². The number of hydrogen-bond acceptors (Lipinski definition) is 2. The Morgan fingerprint density at radius 2 is 0.574 bits per heavy atom. The fourth-order valence-corrected chi connectivity index (χ4v) is 9.19. The van der Waals surface area contributed by atoms with Gasteiger partial charge in [-0.2, -0.15) is 4.57 Å². The lowest BCUT2D eigenvalue weighted by Gasteiger charge is -2.26. The summed E-state index contributed by atoms with van der Waals surface area (Å²) in [6.45, 7) is 0. The van der Waals surface area contributed by atoms with Crippen LogP contribution in [0, 0.1) is 0 Å². The number of rotatable bonds is 11. The second-order valence-electron chi connectivity index (χ2n) is 15.2. The molecule has 1 atom stereocenters. The van der Waals surface area contributed by atoms with Gasteiger partial charge in [0, 0.05) is 50.1 Å². The van der Waals surface area contributed by atoms with Crippen LogP contribution < -0.4 is 9.47 Å². The number of hydrogen-bond donors (Lipinski definition) is 0. The predicted octanol–water partition coefficient (Wildman–Crippen LogP) is 15.5. The molecule has 2 heterocycles. The predicted molar refractivity (Wildman–Crippen MR) is 257 cm³/mol. The van der Waals surface area contributed by atoms with Gasteiger partial charge in [0.05, 0.1) is 0 Å². The standard InChI is InChI=1S/C58H43N2S/c1-5-13-43(14-6-1)46-27-33-53(34-28-46)60(54-35-29-47(30-36-54)44-15-7-2-8-16-44)55-37-31-48(32-38-55)45-19-23-51(24-20-45)58(59-41-11-4-12-42-59)52-25-21-50(22-26-52)57-40-39-56(61-57)49-17-9-3-10-18-49/h1-42,58H/q+1. The summed E-state index contributed by atoms with van der Waals surface area (Å²) in [6.07, 6.45) is 4.32. The van der Waals surface area contributed by atoms with Gasteiger partial charge in [0.2, 0.25) is 6.04 Å². The molecular formula is C58H43N2S+. The minimum atomic E-state index is 0.0324. The Kier molecular flexibility index (Phi) is 10.7. The minimum Gasteiger partial charge on any atom is -0.311 e. The zero-order valence-electron chi connectivity index (χ0n) is 33.6. The van der Waals surface area contributed by atoms with Gasteiger partial charge in [-0.15, -0.1) is 11.3 Å². The zero-order chi connectivity index (χ0) is 40.8. The van der Waals surface area contributed by atoms with Crippen molar-refractivity contribution in [3.63, 3.8) is 0 Å². The van der Waals surface area contributed by atoms with Crippen LogP contribution in [0.5, 0.6) is 0 Å². The Balaban J connectivity index is 0.929. The fraction of sp³-hybridized carbons (Fsp3) is 0.0172. The van der Waals surface area contributed by atoms with E-state index in [2.05, 4.69) is 265 Å². The number of thiophene rings is 1. The lowest BCUT2D eigenvalue weighted by atomic mass is 9.95. The van der Waals surface area contributed by atoms with Gasteiger partial charge in [-0.05, 0) is 93.0 Å². The summed E-state index contributed by atoms with van der Waals surface area (Å²) in [5.74, 6) is 0. The maximum Gasteiger partial charge on any atom is 0.208 e. The van der Waals surface area contributed by atoms with Crippen LogP contribution in [0.3, 0.4) is 0 Å². The summed E-state index contributed by atoms with van der Waals surface area (Å²) in [4.78, 5) is 4.89. The smallest absolute Gasteiger partial charge is 0.208 e. The van der Waals surface area contributed by atoms with Gasteiger partial charge in [0.1, 0.15) is 0 Å². The minimum absolute atomic E-state index is 0.0324. The molecule has 61 heavy (non-hydrogen) atoms. The van der Waals surface area contributed by atoms with E-state index in [-0.39, 0.29) is 6.04 Å². The highest BCUT2D eigenvalue weighted by molar-refractivity contribution is 7.18. The van der Waals surface area contributed by atoms with Gasteiger partial charge in [0.15, 0.2) is 12.4 Å². The highest BCUT2D eigenvalue weighted by Crippen LogP contribution is 2.39. The molecular weight excluding hydrogens is 757 g/mol. The molecule has 1 unspecified atom stereocenters. The molecule has 0 aliphatic heterocycles. The van der Waals surface area contributed by atoms with E-state index in [0.29, 0.717) is 0 Å². The molecule has 0 radical (unpaired) electrons. The van der Waals surface area contributed by atoms with Gasteiger partial charge >= 0.3 is 0 Å². The van der Waals surface area contributed by atoms with Crippen molar-refractivity contribution in [1.29, 1.82) is 0 Å². The first-order chi connectivity index (χ1) is 30.2. The number of aromatic nitrogens is 1. The third kappa shape index (κ3) is 8.20. The summed E-state index contributed by atoms with van der Waals surface area (Å²) in [7, 11) is 0. The van der Waals surface area contributed by atoms with E-state index in [1.165, 1.54) is 65.4 Å². The van der Waals surface area contributed by atoms with Crippen molar-refractivity contribution in [3.8, 4) is 54.3 Å². The number of nitrogens with zero attached hydrogens (tertiary/aromatic N) is 2. The van der Waals surface area contributed by atoms with E-state index in [0.717, 1.165) is 17.1 Å². The van der Waals surface area contributed by atoms with E-state index in [1.807, 2.05) is 11.3 Å². The quantitative estimate of drug-likeness (QED) is 0.118. The van der Waals surface area contributed by atoms with E-state index < -0.39 is 0 Å². The molecule has 10 rings (SSSR count). The topological polar surface area (TPSA) is 7.12 Å². The van der Waals surface area contributed by atoms with Crippen molar-refractivity contribution >= 4 is 28.4 Å². The summed E-state index contributed by atoms with van der Waals surface area (Å²) >= 11 is 1.84. The van der Waals surface area contributed by atoms with E-state index in [9.17, 15) is 0 Å². The van der Waals surface area contributed by atoms with Crippen LogP contribution in [0.2, 0.25) is 0 Å². The molecule has 10 aromatic rings. The maximum absolute atomic E-state index is 2.34. The molecule has 0 saturated carbocycles. The Hall–Kier alpha value is -7.59. The summed E-state index contributed by atoms with van der Waals surface area (Å²) < 4.78 is 2.30. The van der Waals surface area contributed by atoms with E-state index >= 15 is 0 Å². The highest BCUT2D eigenvalue weighted by atomic mass is 32.1. The molecule has 290 valence electrons. The fourth-order valence-electron chi connectivity index (χ4n) is 8.18. The molecule has 0 aliphatic rings. The molecule has 0 amide bonds. The number of benzene rings is 8. The summed E-state index contributed by atoms with van der Waals surface area (Å²) in [5, 5.41) is 0. The van der Waals surface area contributed by atoms with Crippen LogP contribution in [0.4, 0.5) is 17.1 Å². The Labute approximate surface area is 362 Å². The second-order valence-corrected chi connectivity index (χ2v) is 16.3. The molecule has 2 aromatic heterocycles. The third-order valence-electron chi connectivity index (χ3n) is 11.4. The highest BCUT2D eigenvalue weighted by Gasteiger charge is 2.24. The molecule has 0 aliphatic carbocycles. The van der Waals surface area contributed by atoms with Crippen LogP contribution in [-0.2, 0) is 0 Å². The molecule has 0 spiro atoms. The van der Waals surface area contributed by atoms with E-state index in [4.69, 9.17) is 0 Å². The normalized spacial score (nSPS) is 11.5. The Morgan fingerprint density at radius 1 is 0.279 bits per heavy atom. The lowest BCUT2D eigenvalue weighted by molar-refractivity contribution is -0.704. The maximum atomic E-state index is 2.34.